The number of anilines is 2. The van der Waals surface area contributed by atoms with Gasteiger partial charge in [-0.3, -0.25) is 4.57 Å². The summed E-state index contributed by atoms with van der Waals surface area (Å²) in [6.45, 7) is 8.54. The van der Waals surface area contributed by atoms with Gasteiger partial charge in [-0.05, 0) is 57.5 Å². The lowest BCUT2D eigenvalue weighted by Gasteiger charge is -2.14. The number of carbonyl (C=O) groups is 1. The van der Waals surface area contributed by atoms with Crippen LogP contribution in [0, 0.1) is 13.8 Å². The highest BCUT2D eigenvalue weighted by Gasteiger charge is 2.23. The number of rotatable bonds is 7. The van der Waals surface area contributed by atoms with Crippen LogP contribution in [-0.2, 0) is 4.74 Å². The van der Waals surface area contributed by atoms with Crippen molar-refractivity contribution >= 4 is 28.5 Å². The summed E-state index contributed by atoms with van der Waals surface area (Å²) in [5, 5.41) is 4.21. The minimum Gasteiger partial charge on any atom is -0.492 e. The highest BCUT2D eigenvalue weighted by molar-refractivity contribution is 5.98. The van der Waals surface area contributed by atoms with Crippen molar-refractivity contribution in [2.75, 3.05) is 18.5 Å². The lowest BCUT2D eigenvalue weighted by Crippen LogP contribution is -2.12. The van der Waals surface area contributed by atoms with Crippen LogP contribution in [0.4, 0.5) is 11.5 Å². The molecule has 164 valence electrons. The summed E-state index contributed by atoms with van der Waals surface area (Å²) in [6, 6.07) is 17.6. The molecule has 0 aliphatic rings. The normalized spacial score (nSPS) is 10.9. The number of hydrogen-bond acceptors (Lipinski definition) is 6. The van der Waals surface area contributed by atoms with Crippen LogP contribution in [0.3, 0.4) is 0 Å². The van der Waals surface area contributed by atoms with Gasteiger partial charge in [0.25, 0.3) is 0 Å². The van der Waals surface area contributed by atoms with Crippen LogP contribution in [0.1, 0.15) is 35.7 Å². The van der Waals surface area contributed by atoms with Crippen LogP contribution in [0.5, 0.6) is 5.75 Å². The zero-order valence-electron chi connectivity index (χ0n) is 18.7. The number of para-hydroxylation sites is 3. The van der Waals surface area contributed by atoms with E-state index in [9.17, 15) is 4.79 Å². The van der Waals surface area contributed by atoms with Gasteiger partial charge in [0, 0.05) is 11.4 Å². The molecule has 7 nitrogen and oxygen atoms in total. The average molecular weight is 431 g/mol. The molecule has 2 aromatic carbocycles. The summed E-state index contributed by atoms with van der Waals surface area (Å²) in [7, 11) is 0. The second kappa shape index (κ2) is 9.09. The minimum atomic E-state index is -0.563. The first-order valence-electron chi connectivity index (χ1n) is 10.7. The van der Waals surface area contributed by atoms with Crippen molar-refractivity contribution in [2.24, 2.45) is 0 Å². The van der Waals surface area contributed by atoms with E-state index in [4.69, 9.17) is 9.47 Å². The maximum atomic E-state index is 12.6. The molecule has 0 atom stereocenters. The maximum absolute atomic E-state index is 12.6. The lowest BCUT2D eigenvalue weighted by atomic mass is 10.2. The summed E-state index contributed by atoms with van der Waals surface area (Å²) in [5.74, 6) is 0.675. The van der Waals surface area contributed by atoms with Crippen LogP contribution in [-0.4, -0.2) is 33.7 Å². The molecule has 0 bridgehead atoms. The fraction of sp³-hybridized carbons (Fsp3) is 0.240. The Labute approximate surface area is 187 Å². The second-order valence-electron chi connectivity index (χ2n) is 7.25. The number of hydrogen-bond donors (Lipinski definition) is 1. The van der Waals surface area contributed by atoms with E-state index in [-0.39, 0.29) is 12.4 Å². The van der Waals surface area contributed by atoms with E-state index < -0.39 is 5.97 Å². The number of nitrogens with one attached hydrogen (secondary N) is 1. The van der Waals surface area contributed by atoms with E-state index in [0.29, 0.717) is 23.8 Å². The van der Waals surface area contributed by atoms with Crippen molar-refractivity contribution in [3.63, 3.8) is 0 Å². The number of benzene rings is 2. The molecule has 32 heavy (non-hydrogen) atoms. The Hall–Kier alpha value is -3.87. The van der Waals surface area contributed by atoms with E-state index >= 15 is 0 Å². The van der Waals surface area contributed by atoms with Gasteiger partial charge in [0.15, 0.2) is 5.65 Å². The standard InChI is InChI=1S/C25H26N4O3/c1-5-31-20-15-11-10-14-19(20)26-22-21-16(3)17(4)29(18-12-8-7-9-13-18)24(21)28-23(27-22)25(30)32-6-2/h7-15H,5-6H2,1-4H3,(H,26,27,28). The zero-order valence-corrected chi connectivity index (χ0v) is 18.7. The van der Waals surface area contributed by atoms with Gasteiger partial charge in [0.2, 0.25) is 5.82 Å². The van der Waals surface area contributed by atoms with Crippen LogP contribution in [0.2, 0.25) is 0 Å². The molecule has 2 heterocycles. The quantitative estimate of drug-likeness (QED) is 0.398. The number of aryl methyl sites for hydroxylation is 1. The number of fused-ring (bicyclic) bond motifs is 1. The Morgan fingerprint density at radius 1 is 0.969 bits per heavy atom. The smallest absolute Gasteiger partial charge is 0.376 e. The van der Waals surface area contributed by atoms with E-state index in [2.05, 4.69) is 15.3 Å². The van der Waals surface area contributed by atoms with Gasteiger partial charge in [0.05, 0.1) is 24.3 Å². The second-order valence-corrected chi connectivity index (χ2v) is 7.25. The first-order chi connectivity index (χ1) is 15.5. The van der Waals surface area contributed by atoms with Gasteiger partial charge in [-0.1, -0.05) is 30.3 Å². The Kier molecular flexibility index (Phi) is 6.07. The maximum Gasteiger partial charge on any atom is 0.376 e. The summed E-state index contributed by atoms with van der Waals surface area (Å²) < 4.78 is 13.0. The molecule has 7 heteroatoms. The molecule has 4 aromatic rings. The molecular weight excluding hydrogens is 404 g/mol. The predicted octanol–water partition coefficient (Wildman–Crippen LogP) is 5.36. The summed E-state index contributed by atoms with van der Waals surface area (Å²) >= 11 is 0. The number of nitrogens with zero attached hydrogens (tertiary/aromatic N) is 3. The number of ether oxygens (including phenoxy) is 2. The van der Waals surface area contributed by atoms with E-state index in [1.54, 1.807) is 6.92 Å². The van der Waals surface area contributed by atoms with Gasteiger partial charge in [0.1, 0.15) is 11.6 Å². The fourth-order valence-corrected chi connectivity index (χ4v) is 3.71. The molecule has 0 amide bonds. The third-order valence-electron chi connectivity index (χ3n) is 5.27. The van der Waals surface area contributed by atoms with Crippen molar-refractivity contribution < 1.29 is 14.3 Å². The van der Waals surface area contributed by atoms with Crippen molar-refractivity contribution in [3.05, 3.63) is 71.7 Å². The molecule has 0 unspecified atom stereocenters. The van der Waals surface area contributed by atoms with Gasteiger partial charge in [-0.15, -0.1) is 0 Å². The summed E-state index contributed by atoms with van der Waals surface area (Å²) in [4.78, 5) is 21.8. The molecule has 0 aliphatic carbocycles. The molecule has 0 saturated heterocycles. The van der Waals surface area contributed by atoms with Crippen LogP contribution in [0.15, 0.2) is 54.6 Å². The van der Waals surface area contributed by atoms with Crippen molar-refractivity contribution in [1.29, 1.82) is 0 Å². The van der Waals surface area contributed by atoms with E-state index in [1.807, 2.05) is 79.9 Å². The van der Waals surface area contributed by atoms with Crippen LogP contribution in [0.25, 0.3) is 16.7 Å². The van der Waals surface area contributed by atoms with E-state index in [1.165, 1.54) is 0 Å². The summed E-state index contributed by atoms with van der Waals surface area (Å²) in [5.41, 5.74) is 4.39. The van der Waals surface area contributed by atoms with E-state index in [0.717, 1.165) is 28.0 Å². The Bertz CT molecular complexity index is 1270. The Morgan fingerprint density at radius 2 is 1.69 bits per heavy atom. The van der Waals surface area contributed by atoms with Crippen molar-refractivity contribution in [1.82, 2.24) is 14.5 Å². The summed E-state index contributed by atoms with van der Waals surface area (Å²) in [6.07, 6.45) is 0. The molecule has 0 fully saturated rings. The lowest BCUT2D eigenvalue weighted by molar-refractivity contribution is 0.0512. The monoisotopic (exact) mass is 430 g/mol. The van der Waals surface area contributed by atoms with Crippen LogP contribution < -0.4 is 10.1 Å². The molecule has 0 saturated carbocycles. The SMILES string of the molecule is CCOC(=O)c1nc(Nc2ccccc2OCC)c2c(C)c(C)n(-c3ccccc3)c2n1. The molecule has 2 aromatic heterocycles. The topological polar surface area (TPSA) is 78.3 Å². The molecule has 0 spiro atoms. The van der Waals surface area contributed by atoms with Crippen LogP contribution >= 0.6 is 0 Å². The number of carbonyl (C=O) groups excluding carboxylic acids is 1. The fourth-order valence-electron chi connectivity index (χ4n) is 3.71. The van der Waals surface area contributed by atoms with Gasteiger partial charge < -0.3 is 14.8 Å². The van der Waals surface area contributed by atoms with Gasteiger partial charge >= 0.3 is 5.97 Å². The van der Waals surface area contributed by atoms with Gasteiger partial charge in [-0.2, -0.15) is 0 Å². The molecule has 1 N–H and O–H groups in total. The first-order valence-corrected chi connectivity index (χ1v) is 10.7. The van der Waals surface area contributed by atoms with Crippen molar-refractivity contribution in [2.45, 2.75) is 27.7 Å². The Morgan fingerprint density at radius 3 is 2.41 bits per heavy atom. The van der Waals surface area contributed by atoms with Crippen molar-refractivity contribution in [3.8, 4) is 11.4 Å². The first kappa shape index (κ1) is 21.4. The average Bonchev–Trinajstić information content (AvgIpc) is 3.06. The third kappa shape index (κ3) is 3.89. The highest BCUT2D eigenvalue weighted by atomic mass is 16.5. The highest BCUT2D eigenvalue weighted by Crippen LogP contribution is 2.35. The molecule has 0 radical (unpaired) electrons. The minimum absolute atomic E-state index is 0.00502. The molecular formula is C25H26N4O3. The largest absolute Gasteiger partial charge is 0.492 e. The third-order valence-corrected chi connectivity index (χ3v) is 5.27. The van der Waals surface area contributed by atoms with Gasteiger partial charge in [-0.25, -0.2) is 14.8 Å². The Balaban J connectivity index is 1.97. The number of esters is 1. The molecule has 4 rings (SSSR count). The number of aromatic nitrogens is 3. The molecule has 0 aliphatic heterocycles. The zero-order chi connectivity index (χ0) is 22.7. The predicted molar refractivity (Wildman–Crippen MR) is 125 cm³/mol.